The summed E-state index contributed by atoms with van der Waals surface area (Å²) in [6.45, 7) is 2.17. The summed E-state index contributed by atoms with van der Waals surface area (Å²) in [6.07, 6.45) is 4.66. The van der Waals surface area contributed by atoms with Gasteiger partial charge in [-0.3, -0.25) is 4.68 Å². The zero-order chi connectivity index (χ0) is 16.0. The predicted octanol–water partition coefficient (Wildman–Crippen LogP) is 3.69. The highest BCUT2D eigenvalue weighted by Gasteiger charge is 2.17. The molecule has 3 aromatic heterocycles. The Balaban J connectivity index is 2.03. The number of ether oxygens (including phenoxy) is 1. The van der Waals surface area contributed by atoms with Crippen molar-refractivity contribution in [2.75, 3.05) is 7.11 Å². The van der Waals surface area contributed by atoms with Gasteiger partial charge in [0.05, 0.1) is 24.5 Å². The molecule has 1 N–H and O–H groups in total. The number of aromatic amines is 1. The molecule has 0 aliphatic heterocycles. The lowest BCUT2D eigenvalue weighted by Gasteiger charge is -2.05. The van der Waals surface area contributed by atoms with E-state index in [0.717, 1.165) is 45.4 Å². The van der Waals surface area contributed by atoms with E-state index < -0.39 is 0 Å². The van der Waals surface area contributed by atoms with Crippen LogP contribution in [0.25, 0.3) is 33.2 Å². The van der Waals surface area contributed by atoms with Crippen molar-refractivity contribution in [3.63, 3.8) is 0 Å². The van der Waals surface area contributed by atoms with Crippen LogP contribution >= 0.6 is 0 Å². The molecule has 0 atom stereocenters. The van der Waals surface area contributed by atoms with Gasteiger partial charge in [-0.15, -0.1) is 0 Å². The molecule has 0 fully saturated rings. The van der Waals surface area contributed by atoms with Gasteiger partial charge in [-0.2, -0.15) is 5.10 Å². The Morgan fingerprint density at radius 1 is 1.17 bits per heavy atom. The van der Waals surface area contributed by atoms with E-state index in [2.05, 4.69) is 34.1 Å². The quantitative estimate of drug-likeness (QED) is 0.628. The molecule has 0 radical (unpaired) electrons. The van der Waals surface area contributed by atoms with Crippen LogP contribution in [0.1, 0.15) is 12.5 Å². The van der Waals surface area contributed by atoms with Gasteiger partial charge >= 0.3 is 0 Å². The van der Waals surface area contributed by atoms with Gasteiger partial charge in [0.1, 0.15) is 11.4 Å². The smallest absolute Gasteiger partial charge is 0.140 e. The number of hydrogen-bond donors (Lipinski definition) is 1. The van der Waals surface area contributed by atoms with Crippen LogP contribution in [0.5, 0.6) is 5.75 Å². The lowest BCUT2D eigenvalue weighted by Crippen LogP contribution is -1.92. The summed E-state index contributed by atoms with van der Waals surface area (Å²) >= 11 is 0. The van der Waals surface area contributed by atoms with Gasteiger partial charge in [-0.05, 0) is 41.8 Å². The maximum atomic E-state index is 5.25. The lowest BCUT2D eigenvalue weighted by atomic mass is 10.0. The predicted molar refractivity (Wildman–Crippen MR) is 91.7 cm³/mol. The Labute approximate surface area is 133 Å². The van der Waals surface area contributed by atoms with Crippen LogP contribution in [0, 0.1) is 0 Å². The van der Waals surface area contributed by atoms with Crippen LogP contribution in [0.4, 0.5) is 0 Å². The van der Waals surface area contributed by atoms with Crippen molar-refractivity contribution in [2.24, 2.45) is 7.05 Å². The van der Waals surface area contributed by atoms with E-state index in [0.29, 0.717) is 0 Å². The molecule has 0 saturated heterocycles. The number of nitrogens with zero attached hydrogens (tertiary/aromatic N) is 3. The number of H-pyrrole nitrogens is 1. The summed E-state index contributed by atoms with van der Waals surface area (Å²) in [6, 6.07) is 8.10. The number of benzene rings is 1. The van der Waals surface area contributed by atoms with Gasteiger partial charge in [0.2, 0.25) is 0 Å². The highest BCUT2D eigenvalue weighted by Crippen LogP contribution is 2.34. The highest BCUT2D eigenvalue weighted by atomic mass is 16.5. The number of rotatable bonds is 3. The number of methoxy groups -OCH3 is 1. The van der Waals surface area contributed by atoms with Crippen molar-refractivity contribution in [2.45, 2.75) is 13.3 Å². The van der Waals surface area contributed by atoms with Crippen LogP contribution in [-0.4, -0.2) is 26.9 Å². The molecular formula is C18H18N4O. The van der Waals surface area contributed by atoms with Crippen LogP contribution in [0.3, 0.4) is 0 Å². The molecular weight excluding hydrogens is 288 g/mol. The molecule has 116 valence electrons. The Kier molecular flexibility index (Phi) is 3.08. The Bertz CT molecular complexity index is 995. The minimum Gasteiger partial charge on any atom is -0.497 e. The SMILES string of the molecule is CCc1c(-c2ccc(OC)cc2)[nH]c2ncc3cnn(C)c3c12. The van der Waals surface area contributed by atoms with Crippen LogP contribution in [-0.2, 0) is 13.5 Å². The molecule has 3 heterocycles. The molecule has 5 heteroatoms. The van der Waals surface area contributed by atoms with Crippen LogP contribution in [0.2, 0.25) is 0 Å². The number of fused-ring (bicyclic) bond motifs is 3. The van der Waals surface area contributed by atoms with Crippen molar-refractivity contribution in [1.82, 2.24) is 19.7 Å². The zero-order valence-corrected chi connectivity index (χ0v) is 13.4. The maximum Gasteiger partial charge on any atom is 0.140 e. The molecule has 0 amide bonds. The molecule has 4 aromatic rings. The minimum absolute atomic E-state index is 0.857. The van der Waals surface area contributed by atoms with Crippen molar-refractivity contribution in [3.05, 3.63) is 42.2 Å². The Hall–Kier alpha value is -2.82. The first-order valence-corrected chi connectivity index (χ1v) is 7.68. The molecule has 0 unspecified atom stereocenters. The third-order valence-electron chi connectivity index (χ3n) is 4.35. The summed E-state index contributed by atoms with van der Waals surface area (Å²) in [7, 11) is 3.65. The normalized spacial score (nSPS) is 11.4. The van der Waals surface area contributed by atoms with E-state index in [1.54, 1.807) is 7.11 Å². The summed E-state index contributed by atoms with van der Waals surface area (Å²) in [4.78, 5) is 8.06. The zero-order valence-electron chi connectivity index (χ0n) is 13.4. The molecule has 0 aliphatic rings. The van der Waals surface area contributed by atoms with E-state index in [9.17, 15) is 0 Å². The first kappa shape index (κ1) is 13.8. The topological polar surface area (TPSA) is 55.7 Å². The van der Waals surface area contributed by atoms with E-state index in [-0.39, 0.29) is 0 Å². The van der Waals surface area contributed by atoms with Crippen molar-refractivity contribution < 1.29 is 4.74 Å². The second-order valence-electron chi connectivity index (χ2n) is 5.61. The summed E-state index contributed by atoms with van der Waals surface area (Å²) in [5.74, 6) is 0.857. The summed E-state index contributed by atoms with van der Waals surface area (Å²) < 4.78 is 7.17. The number of aromatic nitrogens is 4. The Morgan fingerprint density at radius 2 is 1.96 bits per heavy atom. The van der Waals surface area contributed by atoms with E-state index in [4.69, 9.17) is 4.74 Å². The summed E-state index contributed by atoms with van der Waals surface area (Å²) in [5, 5.41) is 6.60. The van der Waals surface area contributed by atoms with E-state index >= 15 is 0 Å². The average molecular weight is 306 g/mol. The molecule has 0 spiro atoms. The second-order valence-corrected chi connectivity index (χ2v) is 5.61. The second kappa shape index (κ2) is 5.12. The first-order chi connectivity index (χ1) is 11.2. The van der Waals surface area contributed by atoms with Crippen LogP contribution < -0.4 is 4.74 Å². The standard InChI is InChI=1S/C18H18N4O/c1-4-14-15-17-12(10-20-22(17)2)9-19-18(15)21-16(14)11-5-7-13(23-3)8-6-11/h5-10H,4H2,1-3H3,(H,19,21). The number of hydrogen-bond acceptors (Lipinski definition) is 3. The fourth-order valence-corrected chi connectivity index (χ4v) is 3.22. The molecule has 5 nitrogen and oxygen atoms in total. The highest BCUT2D eigenvalue weighted by molar-refractivity contribution is 6.06. The first-order valence-electron chi connectivity index (χ1n) is 7.68. The van der Waals surface area contributed by atoms with Gasteiger partial charge in [0, 0.05) is 24.0 Å². The lowest BCUT2D eigenvalue weighted by molar-refractivity contribution is 0.415. The Morgan fingerprint density at radius 3 is 2.65 bits per heavy atom. The third kappa shape index (κ3) is 2.00. The number of aryl methyl sites for hydroxylation is 2. The fraction of sp³-hybridized carbons (Fsp3) is 0.222. The third-order valence-corrected chi connectivity index (χ3v) is 4.35. The number of nitrogens with one attached hydrogen (secondary N) is 1. The monoisotopic (exact) mass is 306 g/mol. The van der Waals surface area contributed by atoms with Crippen molar-refractivity contribution in [3.8, 4) is 17.0 Å². The summed E-state index contributed by atoms with van der Waals surface area (Å²) in [5.41, 5.74) is 5.56. The van der Waals surface area contributed by atoms with Crippen molar-refractivity contribution >= 4 is 21.9 Å². The van der Waals surface area contributed by atoms with Gasteiger partial charge in [-0.1, -0.05) is 6.92 Å². The van der Waals surface area contributed by atoms with Gasteiger partial charge in [0.25, 0.3) is 0 Å². The maximum absolute atomic E-state index is 5.25. The molecule has 0 aliphatic carbocycles. The van der Waals surface area contributed by atoms with E-state index in [1.165, 1.54) is 5.56 Å². The molecule has 0 saturated carbocycles. The average Bonchev–Trinajstić information content (AvgIpc) is 3.15. The molecule has 4 rings (SSSR count). The molecule has 23 heavy (non-hydrogen) atoms. The van der Waals surface area contributed by atoms with E-state index in [1.807, 2.05) is 36.3 Å². The number of pyridine rings is 1. The van der Waals surface area contributed by atoms with Crippen LogP contribution in [0.15, 0.2) is 36.7 Å². The van der Waals surface area contributed by atoms with Gasteiger partial charge < -0.3 is 9.72 Å². The minimum atomic E-state index is 0.857. The molecule has 1 aromatic carbocycles. The fourth-order valence-electron chi connectivity index (χ4n) is 3.22. The largest absolute Gasteiger partial charge is 0.497 e. The van der Waals surface area contributed by atoms with Crippen molar-refractivity contribution in [1.29, 1.82) is 0 Å². The van der Waals surface area contributed by atoms with Gasteiger partial charge in [0.15, 0.2) is 0 Å². The van der Waals surface area contributed by atoms with Gasteiger partial charge in [-0.25, -0.2) is 4.98 Å². The molecule has 0 bridgehead atoms.